The molecule has 2 aromatic rings. The summed E-state index contributed by atoms with van der Waals surface area (Å²) in [5.74, 6) is -0.154. The van der Waals surface area contributed by atoms with E-state index in [1.807, 2.05) is 13.0 Å². The highest BCUT2D eigenvalue weighted by molar-refractivity contribution is 5.71. The first-order valence-corrected chi connectivity index (χ1v) is 5.59. The summed E-state index contributed by atoms with van der Waals surface area (Å²) in [5.41, 5.74) is 5.41. The van der Waals surface area contributed by atoms with Crippen molar-refractivity contribution in [1.29, 1.82) is 0 Å². The predicted octanol–water partition coefficient (Wildman–Crippen LogP) is 3.69. The lowest BCUT2D eigenvalue weighted by atomic mass is 9.97. The maximum absolute atomic E-state index is 9.56. The minimum atomic E-state index is -0.0798. The number of benzene rings is 2. The molecule has 0 amide bonds. The highest BCUT2D eigenvalue weighted by Crippen LogP contribution is 2.34. The Hall–Kier alpha value is -1.96. The van der Waals surface area contributed by atoms with Crippen LogP contribution in [0.4, 0.5) is 0 Å². The summed E-state index contributed by atoms with van der Waals surface area (Å²) >= 11 is 0. The fraction of sp³-hybridized carbons (Fsp3) is 0.200. The Balaban J connectivity index is 2.60. The average Bonchev–Trinajstić information content (AvgIpc) is 2.27. The number of aromatic hydroxyl groups is 2. The third-order valence-corrected chi connectivity index (χ3v) is 3.14. The SMILES string of the molecule is Cc1ccc(-c2cc(O)c(O)cc2C)cc1C. The maximum atomic E-state index is 9.56. The number of hydrogen-bond donors (Lipinski definition) is 2. The Bertz CT molecular complexity index is 571. The molecule has 0 atom stereocenters. The zero-order valence-corrected chi connectivity index (χ0v) is 10.3. The summed E-state index contributed by atoms with van der Waals surface area (Å²) in [6, 6.07) is 9.37. The van der Waals surface area contributed by atoms with Gasteiger partial charge in [-0.25, -0.2) is 0 Å². The minimum Gasteiger partial charge on any atom is -0.504 e. The second kappa shape index (κ2) is 4.13. The zero-order chi connectivity index (χ0) is 12.6. The van der Waals surface area contributed by atoms with E-state index in [1.165, 1.54) is 11.1 Å². The van der Waals surface area contributed by atoms with Gasteiger partial charge in [0.25, 0.3) is 0 Å². The van der Waals surface area contributed by atoms with Gasteiger partial charge in [-0.1, -0.05) is 18.2 Å². The van der Waals surface area contributed by atoms with Gasteiger partial charge in [0.05, 0.1) is 0 Å². The molecule has 2 heteroatoms. The molecule has 17 heavy (non-hydrogen) atoms. The fourth-order valence-electron chi connectivity index (χ4n) is 1.90. The molecule has 0 unspecified atom stereocenters. The topological polar surface area (TPSA) is 40.5 Å². The summed E-state index contributed by atoms with van der Waals surface area (Å²) in [4.78, 5) is 0. The van der Waals surface area contributed by atoms with Crippen molar-refractivity contribution in [3.63, 3.8) is 0 Å². The van der Waals surface area contributed by atoms with Crippen molar-refractivity contribution in [3.05, 3.63) is 47.0 Å². The van der Waals surface area contributed by atoms with Crippen LogP contribution in [-0.4, -0.2) is 10.2 Å². The van der Waals surface area contributed by atoms with Gasteiger partial charge in [0.1, 0.15) is 0 Å². The molecule has 0 saturated carbocycles. The number of phenolic OH excluding ortho intramolecular Hbond substituents is 2. The summed E-state index contributed by atoms with van der Waals surface area (Å²) in [7, 11) is 0. The third-order valence-electron chi connectivity index (χ3n) is 3.14. The molecule has 0 aliphatic carbocycles. The van der Waals surface area contributed by atoms with Crippen LogP contribution in [0.2, 0.25) is 0 Å². The van der Waals surface area contributed by atoms with Crippen LogP contribution in [0.15, 0.2) is 30.3 Å². The van der Waals surface area contributed by atoms with E-state index in [0.717, 1.165) is 16.7 Å². The predicted molar refractivity (Wildman–Crippen MR) is 69.4 cm³/mol. The summed E-state index contributed by atoms with van der Waals surface area (Å²) < 4.78 is 0. The maximum Gasteiger partial charge on any atom is 0.158 e. The first-order valence-electron chi connectivity index (χ1n) is 5.59. The second-order valence-corrected chi connectivity index (χ2v) is 4.45. The van der Waals surface area contributed by atoms with Crippen LogP contribution < -0.4 is 0 Å². The molecule has 0 fully saturated rings. The second-order valence-electron chi connectivity index (χ2n) is 4.45. The highest BCUT2D eigenvalue weighted by Gasteiger charge is 2.08. The summed E-state index contributed by atoms with van der Waals surface area (Å²) in [6.45, 7) is 6.05. The van der Waals surface area contributed by atoms with E-state index in [0.29, 0.717) is 0 Å². The van der Waals surface area contributed by atoms with Crippen molar-refractivity contribution < 1.29 is 10.2 Å². The first-order chi connectivity index (χ1) is 7.99. The van der Waals surface area contributed by atoms with E-state index >= 15 is 0 Å². The molecule has 0 heterocycles. The lowest BCUT2D eigenvalue weighted by Crippen LogP contribution is -1.87. The number of phenols is 2. The Kier molecular flexibility index (Phi) is 2.80. The molecule has 88 valence electrons. The molecular weight excluding hydrogens is 212 g/mol. The van der Waals surface area contributed by atoms with Crippen molar-refractivity contribution in [2.24, 2.45) is 0 Å². The monoisotopic (exact) mass is 228 g/mol. The van der Waals surface area contributed by atoms with Crippen molar-refractivity contribution in [3.8, 4) is 22.6 Å². The van der Waals surface area contributed by atoms with E-state index < -0.39 is 0 Å². The van der Waals surface area contributed by atoms with Crippen molar-refractivity contribution in [2.45, 2.75) is 20.8 Å². The smallest absolute Gasteiger partial charge is 0.158 e. The van der Waals surface area contributed by atoms with Crippen LogP contribution in [0.25, 0.3) is 11.1 Å². The van der Waals surface area contributed by atoms with Crippen LogP contribution >= 0.6 is 0 Å². The Morgan fingerprint density at radius 3 is 2.00 bits per heavy atom. The van der Waals surface area contributed by atoms with Gasteiger partial charge in [-0.3, -0.25) is 0 Å². The van der Waals surface area contributed by atoms with Crippen molar-refractivity contribution in [1.82, 2.24) is 0 Å². The molecule has 0 aliphatic rings. The van der Waals surface area contributed by atoms with Gasteiger partial charge in [0.2, 0.25) is 0 Å². The largest absolute Gasteiger partial charge is 0.504 e. The van der Waals surface area contributed by atoms with Gasteiger partial charge < -0.3 is 10.2 Å². The van der Waals surface area contributed by atoms with Gasteiger partial charge in [-0.15, -0.1) is 0 Å². The quantitative estimate of drug-likeness (QED) is 0.731. The van der Waals surface area contributed by atoms with Crippen LogP contribution in [0.5, 0.6) is 11.5 Å². The molecule has 0 aliphatic heterocycles. The fourth-order valence-corrected chi connectivity index (χ4v) is 1.90. The number of rotatable bonds is 1. The molecule has 0 aromatic heterocycles. The molecule has 2 rings (SSSR count). The normalized spacial score (nSPS) is 10.5. The number of aryl methyl sites for hydroxylation is 3. The number of hydrogen-bond acceptors (Lipinski definition) is 2. The van der Waals surface area contributed by atoms with Crippen LogP contribution in [0, 0.1) is 20.8 Å². The molecule has 0 saturated heterocycles. The third kappa shape index (κ3) is 2.11. The van der Waals surface area contributed by atoms with Crippen LogP contribution in [0.1, 0.15) is 16.7 Å². The van der Waals surface area contributed by atoms with Gasteiger partial charge in [0.15, 0.2) is 11.5 Å². The first kappa shape index (κ1) is 11.5. The van der Waals surface area contributed by atoms with E-state index in [2.05, 4.69) is 26.0 Å². The van der Waals surface area contributed by atoms with Gasteiger partial charge >= 0.3 is 0 Å². The molecule has 0 spiro atoms. The van der Waals surface area contributed by atoms with Gasteiger partial charge in [-0.05, 0) is 60.7 Å². The molecule has 0 radical (unpaired) electrons. The lowest BCUT2D eigenvalue weighted by Gasteiger charge is -2.10. The minimum absolute atomic E-state index is 0.0740. The molecular formula is C15H16O2. The highest BCUT2D eigenvalue weighted by atomic mass is 16.3. The Morgan fingerprint density at radius 2 is 1.35 bits per heavy atom. The van der Waals surface area contributed by atoms with Gasteiger partial charge in [0, 0.05) is 0 Å². The molecule has 2 nitrogen and oxygen atoms in total. The van der Waals surface area contributed by atoms with Crippen molar-refractivity contribution in [2.75, 3.05) is 0 Å². The Morgan fingerprint density at radius 1 is 0.706 bits per heavy atom. The van der Waals surface area contributed by atoms with Crippen molar-refractivity contribution >= 4 is 0 Å². The summed E-state index contributed by atoms with van der Waals surface area (Å²) in [6.07, 6.45) is 0. The molecule has 2 aromatic carbocycles. The van der Waals surface area contributed by atoms with E-state index in [4.69, 9.17) is 0 Å². The standard InChI is InChI=1S/C15H16O2/c1-9-4-5-12(6-10(9)2)13-8-15(17)14(16)7-11(13)3/h4-8,16-17H,1-3H3. The van der Waals surface area contributed by atoms with E-state index in [-0.39, 0.29) is 11.5 Å². The summed E-state index contributed by atoms with van der Waals surface area (Å²) in [5, 5.41) is 19.0. The zero-order valence-electron chi connectivity index (χ0n) is 10.3. The van der Waals surface area contributed by atoms with E-state index in [1.54, 1.807) is 12.1 Å². The Labute approximate surface area is 101 Å². The lowest BCUT2D eigenvalue weighted by molar-refractivity contribution is 0.403. The molecule has 0 bridgehead atoms. The van der Waals surface area contributed by atoms with Crippen LogP contribution in [-0.2, 0) is 0 Å². The van der Waals surface area contributed by atoms with Gasteiger partial charge in [-0.2, -0.15) is 0 Å². The van der Waals surface area contributed by atoms with Crippen LogP contribution in [0.3, 0.4) is 0 Å². The average molecular weight is 228 g/mol. The van der Waals surface area contributed by atoms with E-state index in [9.17, 15) is 10.2 Å². The molecule has 2 N–H and O–H groups in total.